The van der Waals surface area contributed by atoms with Gasteiger partial charge < -0.3 is 14.8 Å². The summed E-state index contributed by atoms with van der Waals surface area (Å²) in [5.74, 6) is -0.483. The first-order valence-corrected chi connectivity index (χ1v) is 9.95. The van der Waals surface area contributed by atoms with Crippen molar-refractivity contribution in [3.8, 4) is 17.6 Å². The number of nitro groups is 1. The number of aryl methyl sites for hydroxylation is 1. The van der Waals surface area contributed by atoms with Gasteiger partial charge in [-0.1, -0.05) is 18.2 Å². The molecular formula is C25H19N3O6. The van der Waals surface area contributed by atoms with Crippen LogP contribution in [-0.2, 0) is 4.79 Å². The van der Waals surface area contributed by atoms with E-state index in [4.69, 9.17) is 9.47 Å². The molecule has 34 heavy (non-hydrogen) atoms. The normalized spacial score (nSPS) is 10.7. The summed E-state index contributed by atoms with van der Waals surface area (Å²) in [5, 5.41) is 23.0. The number of benzene rings is 3. The number of nitrogens with one attached hydrogen (secondary N) is 1. The van der Waals surface area contributed by atoms with Crippen LogP contribution >= 0.6 is 0 Å². The van der Waals surface area contributed by atoms with Crippen LogP contribution in [0, 0.1) is 28.4 Å². The number of hydrogen-bond acceptors (Lipinski definition) is 7. The molecule has 0 aromatic heterocycles. The van der Waals surface area contributed by atoms with Crippen molar-refractivity contribution in [3.63, 3.8) is 0 Å². The van der Waals surface area contributed by atoms with Gasteiger partial charge in [-0.3, -0.25) is 14.9 Å². The standard InChI is InChI=1S/C25H19N3O6/c1-16-6-9-20(28(31)32)14-23(16)27-24(29)19(15-26)12-17-4-3-5-22(13-17)34-25(30)18-7-10-21(33-2)11-8-18/h3-14H,1-2H3,(H,27,29)/b19-12+. The van der Waals surface area contributed by atoms with Gasteiger partial charge in [0.25, 0.3) is 11.6 Å². The highest BCUT2D eigenvalue weighted by Gasteiger charge is 2.15. The molecule has 9 heteroatoms. The SMILES string of the molecule is COc1ccc(C(=O)Oc2cccc(/C=C(\C#N)C(=O)Nc3cc([N+](=O)[O-])ccc3C)c2)cc1. The Kier molecular flexibility index (Phi) is 7.36. The van der Waals surface area contributed by atoms with Crippen molar-refractivity contribution in [2.45, 2.75) is 6.92 Å². The van der Waals surface area contributed by atoms with E-state index in [2.05, 4.69) is 5.32 Å². The van der Waals surface area contributed by atoms with E-state index in [0.717, 1.165) is 0 Å². The Bertz CT molecular complexity index is 1320. The number of non-ortho nitro benzene ring substituents is 1. The Morgan fingerprint density at radius 1 is 1.06 bits per heavy atom. The maximum atomic E-state index is 12.6. The van der Waals surface area contributed by atoms with Crippen LogP contribution in [0.25, 0.3) is 6.08 Å². The Morgan fingerprint density at radius 2 is 1.79 bits per heavy atom. The molecule has 0 unspecified atom stereocenters. The molecule has 0 heterocycles. The van der Waals surface area contributed by atoms with Crippen LogP contribution in [0.5, 0.6) is 11.5 Å². The molecule has 170 valence electrons. The van der Waals surface area contributed by atoms with Crippen molar-refractivity contribution in [3.05, 3.63) is 99.1 Å². The quantitative estimate of drug-likeness (QED) is 0.136. The molecule has 0 saturated heterocycles. The molecular weight excluding hydrogens is 438 g/mol. The predicted octanol–water partition coefficient (Wildman–Crippen LogP) is 4.68. The van der Waals surface area contributed by atoms with Gasteiger partial charge in [0.2, 0.25) is 0 Å². The van der Waals surface area contributed by atoms with Crippen molar-refractivity contribution in [2.75, 3.05) is 12.4 Å². The molecule has 0 aliphatic carbocycles. The van der Waals surface area contributed by atoms with Crippen LogP contribution in [-0.4, -0.2) is 23.9 Å². The van der Waals surface area contributed by atoms with Crippen molar-refractivity contribution in [1.82, 2.24) is 0 Å². The van der Waals surface area contributed by atoms with Gasteiger partial charge in [0, 0.05) is 12.1 Å². The van der Waals surface area contributed by atoms with Crippen LogP contribution in [0.3, 0.4) is 0 Å². The highest BCUT2D eigenvalue weighted by molar-refractivity contribution is 6.10. The maximum absolute atomic E-state index is 12.6. The number of ether oxygens (including phenoxy) is 2. The van der Waals surface area contributed by atoms with Crippen LogP contribution in [0.1, 0.15) is 21.5 Å². The van der Waals surface area contributed by atoms with E-state index in [1.807, 2.05) is 6.07 Å². The molecule has 0 aliphatic heterocycles. The van der Waals surface area contributed by atoms with Gasteiger partial charge in [-0.25, -0.2) is 4.79 Å². The number of anilines is 1. The smallest absolute Gasteiger partial charge is 0.343 e. The molecule has 0 atom stereocenters. The van der Waals surface area contributed by atoms with Crippen LogP contribution in [0.15, 0.2) is 72.3 Å². The first-order valence-electron chi connectivity index (χ1n) is 9.95. The predicted molar refractivity (Wildman–Crippen MR) is 124 cm³/mol. The van der Waals surface area contributed by atoms with Crippen molar-refractivity contribution >= 4 is 29.3 Å². The number of methoxy groups -OCH3 is 1. The monoisotopic (exact) mass is 457 g/mol. The zero-order valence-electron chi connectivity index (χ0n) is 18.3. The molecule has 0 fully saturated rings. The molecule has 3 aromatic rings. The third-order valence-corrected chi connectivity index (χ3v) is 4.75. The van der Waals surface area contributed by atoms with Gasteiger partial charge in [0.05, 0.1) is 23.3 Å². The van der Waals surface area contributed by atoms with E-state index in [9.17, 15) is 25.0 Å². The Labute approximate surface area is 195 Å². The summed E-state index contributed by atoms with van der Waals surface area (Å²) in [5.41, 5.74) is 1.18. The number of carbonyl (C=O) groups excluding carboxylic acids is 2. The largest absolute Gasteiger partial charge is 0.497 e. The number of hydrogen-bond donors (Lipinski definition) is 1. The van der Waals surface area contributed by atoms with Gasteiger partial charge in [0.1, 0.15) is 23.1 Å². The van der Waals surface area contributed by atoms with E-state index in [1.54, 1.807) is 49.4 Å². The zero-order valence-corrected chi connectivity index (χ0v) is 18.3. The second kappa shape index (κ2) is 10.6. The van der Waals surface area contributed by atoms with E-state index >= 15 is 0 Å². The fraction of sp³-hybridized carbons (Fsp3) is 0.0800. The summed E-state index contributed by atoms with van der Waals surface area (Å²) in [6.45, 7) is 1.68. The van der Waals surface area contributed by atoms with Crippen molar-refractivity contribution in [2.24, 2.45) is 0 Å². The first kappa shape index (κ1) is 23.7. The minimum Gasteiger partial charge on any atom is -0.497 e. The third kappa shape index (κ3) is 5.83. The fourth-order valence-electron chi connectivity index (χ4n) is 2.92. The molecule has 0 bridgehead atoms. The summed E-state index contributed by atoms with van der Waals surface area (Å²) >= 11 is 0. The minimum atomic E-state index is -0.730. The molecule has 0 spiro atoms. The van der Waals surface area contributed by atoms with E-state index in [0.29, 0.717) is 22.4 Å². The maximum Gasteiger partial charge on any atom is 0.343 e. The average Bonchev–Trinajstić information content (AvgIpc) is 2.83. The average molecular weight is 457 g/mol. The van der Waals surface area contributed by atoms with Gasteiger partial charge in [-0.05, 0) is 60.5 Å². The molecule has 0 saturated carbocycles. The van der Waals surface area contributed by atoms with Crippen LogP contribution in [0.4, 0.5) is 11.4 Å². The summed E-state index contributed by atoms with van der Waals surface area (Å²) < 4.78 is 10.4. The number of carbonyl (C=O) groups is 2. The third-order valence-electron chi connectivity index (χ3n) is 4.75. The molecule has 1 N–H and O–H groups in total. The second-order valence-corrected chi connectivity index (χ2v) is 7.07. The topological polar surface area (TPSA) is 132 Å². The number of nitro benzene ring substituents is 1. The highest BCUT2D eigenvalue weighted by atomic mass is 16.6. The lowest BCUT2D eigenvalue weighted by Crippen LogP contribution is -2.14. The van der Waals surface area contributed by atoms with Gasteiger partial charge in [-0.15, -0.1) is 0 Å². The summed E-state index contributed by atoms with van der Waals surface area (Å²) in [6.07, 6.45) is 1.33. The molecule has 9 nitrogen and oxygen atoms in total. The molecule has 0 aliphatic rings. The molecule has 1 amide bonds. The Balaban J connectivity index is 1.77. The Hall–Kier alpha value is -4.97. The molecule has 0 radical (unpaired) electrons. The van der Waals surface area contributed by atoms with Crippen LogP contribution in [0.2, 0.25) is 0 Å². The van der Waals surface area contributed by atoms with Crippen molar-refractivity contribution in [1.29, 1.82) is 5.26 Å². The fourth-order valence-corrected chi connectivity index (χ4v) is 2.92. The first-order chi connectivity index (χ1) is 16.3. The zero-order chi connectivity index (χ0) is 24.7. The number of nitrogens with zero attached hydrogens (tertiary/aromatic N) is 2. The second-order valence-electron chi connectivity index (χ2n) is 7.07. The lowest BCUT2D eigenvalue weighted by atomic mass is 10.1. The molecule has 3 aromatic carbocycles. The highest BCUT2D eigenvalue weighted by Crippen LogP contribution is 2.23. The Morgan fingerprint density at radius 3 is 2.44 bits per heavy atom. The minimum absolute atomic E-state index is 0.185. The van der Waals surface area contributed by atoms with Gasteiger partial charge in [-0.2, -0.15) is 5.26 Å². The molecule has 3 rings (SSSR count). The lowest BCUT2D eigenvalue weighted by molar-refractivity contribution is -0.384. The van der Waals surface area contributed by atoms with Crippen LogP contribution < -0.4 is 14.8 Å². The number of nitriles is 1. The van der Waals surface area contributed by atoms with E-state index in [-0.39, 0.29) is 22.7 Å². The van der Waals surface area contributed by atoms with Gasteiger partial charge >= 0.3 is 5.97 Å². The lowest BCUT2D eigenvalue weighted by Gasteiger charge is -2.08. The van der Waals surface area contributed by atoms with Gasteiger partial charge in [0.15, 0.2) is 0 Å². The van der Waals surface area contributed by atoms with E-state index in [1.165, 1.54) is 37.5 Å². The number of rotatable bonds is 7. The van der Waals surface area contributed by atoms with E-state index < -0.39 is 16.8 Å². The number of esters is 1. The van der Waals surface area contributed by atoms with Crippen molar-refractivity contribution < 1.29 is 24.0 Å². The summed E-state index contributed by atoms with van der Waals surface area (Å²) in [7, 11) is 1.52. The number of amides is 1. The summed E-state index contributed by atoms with van der Waals surface area (Å²) in [4.78, 5) is 35.4. The summed E-state index contributed by atoms with van der Waals surface area (Å²) in [6, 6.07) is 18.6.